The Labute approximate surface area is 193 Å². The second-order valence-corrected chi connectivity index (χ2v) is 8.17. The van der Waals surface area contributed by atoms with Crippen LogP contribution in [-0.4, -0.2) is 52.9 Å². The topological polar surface area (TPSA) is 73.7 Å². The number of piperidine rings is 1. The average Bonchev–Trinajstić information content (AvgIpc) is 3.30. The Morgan fingerprint density at radius 3 is 2.42 bits per heavy atom. The molecule has 0 bridgehead atoms. The van der Waals surface area contributed by atoms with Gasteiger partial charge in [0.25, 0.3) is 5.91 Å². The molecule has 1 atom stereocenters. The Morgan fingerprint density at radius 1 is 1.06 bits per heavy atom. The first-order chi connectivity index (χ1) is 16.0. The zero-order valence-electron chi connectivity index (χ0n) is 19.3. The minimum atomic E-state index is -0.475. The van der Waals surface area contributed by atoms with E-state index in [4.69, 9.17) is 9.47 Å². The Bertz CT molecular complexity index is 1120. The molecule has 33 heavy (non-hydrogen) atoms. The highest BCUT2D eigenvalue weighted by molar-refractivity contribution is 5.94. The zero-order chi connectivity index (χ0) is 23.4. The van der Waals surface area contributed by atoms with Gasteiger partial charge in [0.05, 0.1) is 25.1 Å². The molecule has 1 aliphatic rings. The highest BCUT2D eigenvalue weighted by Gasteiger charge is 2.24. The van der Waals surface area contributed by atoms with E-state index in [1.807, 2.05) is 53.4 Å². The molecule has 3 aromatic rings. The number of ether oxygens (including phenoxy) is 2. The molecular weight excluding hydrogens is 418 g/mol. The van der Waals surface area contributed by atoms with Crippen LogP contribution in [0, 0.1) is 0 Å². The Hall–Kier alpha value is -3.61. The number of carbonyl (C=O) groups is 2. The number of hydrogen-bond acceptors (Lipinski definition) is 5. The largest absolute Gasteiger partial charge is 0.497 e. The summed E-state index contributed by atoms with van der Waals surface area (Å²) in [5, 5.41) is 4.51. The molecule has 2 heterocycles. The van der Waals surface area contributed by atoms with Gasteiger partial charge < -0.3 is 14.4 Å². The van der Waals surface area contributed by atoms with Gasteiger partial charge in [0.2, 0.25) is 0 Å². The maximum atomic E-state index is 13.0. The van der Waals surface area contributed by atoms with Crippen molar-refractivity contribution in [3.8, 4) is 22.7 Å². The molecule has 1 saturated heterocycles. The number of esters is 1. The summed E-state index contributed by atoms with van der Waals surface area (Å²) in [6, 6.07) is 16.9. The molecule has 1 amide bonds. The summed E-state index contributed by atoms with van der Waals surface area (Å²) >= 11 is 0. The van der Waals surface area contributed by atoms with Gasteiger partial charge in [-0.2, -0.15) is 5.10 Å². The molecule has 7 heteroatoms. The van der Waals surface area contributed by atoms with Crippen LogP contribution in [0.15, 0.2) is 54.6 Å². The molecule has 0 spiro atoms. The van der Waals surface area contributed by atoms with Crippen LogP contribution in [0.4, 0.5) is 0 Å². The lowest BCUT2D eigenvalue weighted by molar-refractivity contribution is 0.0518. The zero-order valence-corrected chi connectivity index (χ0v) is 19.3. The van der Waals surface area contributed by atoms with E-state index in [2.05, 4.69) is 12.0 Å². The first-order valence-electron chi connectivity index (χ1n) is 11.3. The van der Waals surface area contributed by atoms with Crippen LogP contribution >= 0.6 is 0 Å². The van der Waals surface area contributed by atoms with Gasteiger partial charge in [-0.3, -0.25) is 4.79 Å². The minimum Gasteiger partial charge on any atom is -0.497 e. The van der Waals surface area contributed by atoms with E-state index in [1.165, 1.54) is 6.42 Å². The molecule has 1 aromatic heterocycles. The molecule has 0 saturated carbocycles. The third-order valence-electron chi connectivity index (χ3n) is 6.00. The second kappa shape index (κ2) is 9.90. The minimum absolute atomic E-state index is 0.0526. The average molecular weight is 448 g/mol. The lowest BCUT2D eigenvalue weighted by Crippen LogP contribution is -2.42. The molecule has 0 radical (unpaired) electrons. The number of amides is 1. The third kappa shape index (κ3) is 4.77. The first-order valence-corrected chi connectivity index (χ1v) is 11.3. The summed E-state index contributed by atoms with van der Waals surface area (Å²) in [7, 11) is 1.62. The number of nitrogens with zero attached hydrogens (tertiary/aromatic N) is 3. The van der Waals surface area contributed by atoms with Crippen molar-refractivity contribution in [3.05, 3.63) is 65.9 Å². The SMILES string of the molecule is CCOC(=O)c1cc(-c2ccc(OC)cc2)n(-c2ccc(C(=O)N3CCCC[C@H]3C)cc2)n1. The summed E-state index contributed by atoms with van der Waals surface area (Å²) in [6.07, 6.45) is 3.25. The Kier molecular flexibility index (Phi) is 6.77. The van der Waals surface area contributed by atoms with Gasteiger partial charge in [-0.05, 0) is 87.7 Å². The number of aromatic nitrogens is 2. The van der Waals surface area contributed by atoms with E-state index in [-0.39, 0.29) is 24.2 Å². The number of hydrogen-bond donors (Lipinski definition) is 0. The first kappa shape index (κ1) is 22.6. The van der Waals surface area contributed by atoms with Gasteiger partial charge in [0, 0.05) is 23.7 Å². The molecule has 0 aliphatic carbocycles. The maximum absolute atomic E-state index is 13.0. The van der Waals surface area contributed by atoms with Crippen molar-refractivity contribution < 1.29 is 19.1 Å². The summed E-state index contributed by atoms with van der Waals surface area (Å²) in [6.45, 7) is 4.94. The summed E-state index contributed by atoms with van der Waals surface area (Å²) in [5.41, 5.74) is 3.24. The maximum Gasteiger partial charge on any atom is 0.358 e. The van der Waals surface area contributed by atoms with Gasteiger partial charge in [-0.1, -0.05) is 0 Å². The molecule has 4 rings (SSSR count). The fraction of sp³-hybridized carbons (Fsp3) is 0.346. The number of likely N-dealkylation sites (tertiary alicyclic amines) is 1. The molecule has 7 nitrogen and oxygen atoms in total. The van der Waals surface area contributed by atoms with Crippen LogP contribution in [0.1, 0.15) is 54.0 Å². The van der Waals surface area contributed by atoms with E-state index < -0.39 is 5.97 Å². The smallest absolute Gasteiger partial charge is 0.358 e. The molecule has 1 aliphatic heterocycles. The third-order valence-corrected chi connectivity index (χ3v) is 6.00. The van der Waals surface area contributed by atoms with Crippen molar-refractivity contribution in [2.75, 3.05) is 20.3 Å². The lowest BCUT2D eigenvalue weighted by Gasteiger charge is -2.33. The van der Waals surface area contributed by atoms with Gasteiger partial charge >= 0.3 is 5.97 Å². The van der Waals surface area contributed by atoms with Crippen molar-refractivity contribution in [2.45, 2.75) is 39.2 Å². The lowest BCUT2D eigenvalue weighted by atomic mass is 10.0. The van der Waals surface area contributed by atoms with E-state index >= 15 is 0 Å². The second-order valence-electron chi connectivity index (χ2n) is 8.17. The number of methoxy groups -OCH3 is 1. The van der Waals surface area contributed by atoms with Crippen LogP contribution in [0.2, 0.25) is 0 Å². The van der Waals surface area contributed by atoms with Crippen LogP contribution in [0.3, 0.4) is 0 Å². The van der Waals surface area contributed by atoms with Crippen molar-refractivity contribution >= 4 is 11.9 Å². The van der Waals surface area contributed by atoms with E-state index in [0.717, 1.165) is 42.1 Å². The summed E-state index contributed by atoms with van der Waals surface area (Å²) in [4.78, 5) is 27.3. The van der Waals surface area contributed by atoms with E-state index in [1.54, 1.807) is 24.8 Å². The van der Waals surface area contributed by atoms with Gasteiger partial charge in [0.15, 0.2) is 5.69 Å². The van der Waals surface area contributed by atoms with Crippen molar-refractivity contribution in [1.29, 1.82) is 0 Å². The Morgan fingerprint density at radius 2 is 1.79 bits per heavy atom. The number of rotatable bonds is 6. The number of carbonyl (C=O) groups excluding carboxylic acids is 2. The standard InChI is InChI=1S/C26H29N3O4/c1-4-33-26(31)23-17-24(19-10-14-22(32-3)15-11-19)29(27-23)21-12-8-20(9-13-21)25(30)28-16-6-5-7-18(28)2/h8-15,17-18H,4-7,16H2,1-3H3/t18-/m1/s1. The van der Waals surface area contributed by atoms with E-state index in [0.29, 0.717) is 5.56 Å². The van der Waals surface area contributed by atoms with E-state index in [9.17, 15) is 9.59 Å². The molecular formula is C26H29N3O4. The van der Waals surface area contributed by atoms with Crippen molar-refractivity contribution in [1.82, 2.24) is 14.7 Å². The highest BCUT2D eigenvalue weighted by atomic mass is 16.5. The number of benzene rings is 2. The normalized spacial score (nSPS) is 15.8. The Balaban J connectivity index is 1.68. The van der Waals surface area contributed by atoms with Crippen LogP contribution in [-0.2, 0) is 4.74 Å². The van der Waals surface area contributed by atoms with Gasteiger partial charge in [0.1, 0.15) is 5.75 Å². The van der Waals surface area contributed by atoms with Crippen LogP contribution < -0.4 is 4.74 Å². The predicted molar refractivity (Wildman–Crippen MR) is 126 cm³/mol. The molecule has 0 N–H and O–H groups in total. The van der Waals surface area contributed by atoms with Crippen LogP contribution in [0.5, 0.6) is 5.75 Å². The predicted octanol–water partition coefficient (Wildman–Crippen LogP) is 4.74. The van der Waals surface area contributed by atoms with Crippen molar-refractivity contribution in [2.24, 2.45) is 0 Å². The van der Waals surface area contributed by atoms with Crippen molar-refractivity contribution in [3.63, 3.8) is 0 Å². The quantitative estimate of drug-likeness (QED) is 0.511. The fourth-order valence-electron chi connectivity index (χ4n) is 4.16. The molecule has 1 fully saturated rings. The molecule has 0 unspecified atom stereocenters. The van der Waals surface area contributed by atoms with Gasteiger partial charge in [-0.25, -0.2) is 9.48 Å². The summed E-state index contributed by atoms with van der Waals surface area (Å²) in [5.74, 6) is 0.318. The molecule has 2 aromatic carbocycles. The monoisotopic (exact) mass is 447 g/mol. The summed E-state index contributed by atoms with van der Waals surface area (Å²) < 4.78 is 12.1. The van der Waals surface area contributed by atoms with Crippen LogP contribution in [0.25, 0.3) is 16.9 Å². The van der Waals surface area contributed by atoms with Gasteiger partial charge in [-0.15, -0.1) is 0 Å². The highest BCUT2D eigenvalue weighted by Crippen LogP contribution is 2.27. The molecule has 172 valence electrons. The fourth-order valence-corrected chi connectivity index (χ4v) is 4.16.